The van der Waals surface area contributed by atoms with Gasteiger partial charge in [0.05, 0.1) is 32.8 Å². The van der Waals surface area contributed by atoms with Crippen molar-refractivity contribution in [1.29, 1.82) is 0 Å². The second-order valence-electron chi connectivity index (χ2n) is 14.1. The first kappa shape index (κ1) is 29.7. The third-order valence-corrected chi connectivity index (χ3v) is 12.8. The maximum absolute atomic E-state index is 14.6. The Balaban J connectivity index is 1.29. The van der Waals surface area contributed by atoms with Crippen LogP contribution in [0.3, 0.4) is 0 Å². The lowest BCUT2D eigenvalue weighted by molar-refractivity contribution is 1.19. The molecule has 4 aromatic heterocycles. The minimum Gasteiger partial charge on any atom is -0.268 e. The molecule has 6 nitrogen and oxygen atoms in total. The molecule has 0 radical (unpaired) electrons. The van der Waals surface area contributed by atoms with Crippen LogP contribution in [0.2, 0.25) is 20.1 Å². The number of rotatable bonds is 0. The van der Waals surface area contributed by atoms with E-state index in [1.54, 1.807) is 20.9 Å². The smallest absolute Gasteiger partial charge is 0.264 e. The third kappa shape index (κ3) is 3.27. The van der Waals surface area contributed by atoms with Crippen molar-refractivity contribution in [3.63, 3.8) is 0 Å². The summed E-state index contributed by atoms with van der Waals surface area (Å²) in [5.41, 5.74) is 3.31. The molecular formula is C44H16Cl4N4O2. The molecule has 0 aliphatic carbocycles. The van der Waals surface area contributed by atoms with E-state index in [2.05, 4.69) is 0 Å². The SMILES string of the molecule is O=c1c2cc(Cl)c3c4c(Cl)cc5c6c(cc(Cl)c(c7c(Cl)cc(c2c37)c2nc3c7ccccc7ccc3n12)c46)c(=O)n1c2ccc3ccccc3c2nc51. The number of hydrogen-bond acceptors (Lipinski definition) is 4. The van der Waals surface area contributed by atoms with E-state index in [-0.39, 0.29) is 11.1 Å². The molecule has 13 rings (SSSR count). The molecular weight excluding hydrogens is 758 g/mol. The predicted molar refractivity (Wildman–Crippen MR) is 225 cm³/mol. The molecule has 0 saturated heterocycles. The van der Waals surface area contributed by atoms with Crippen LogP contribution >= 0.6 is 46.4 Å². The van der Waals surface area contributed by atoms with Gasteiger partial charge in [0.1, 0.15) is 11.3 Å². The van der Waals surface area contributed by atoms with Gasteiger partial charge in [-0.2, -0.15) is 0 Å². The Morgan fingerprint density at radius 2 is 0.759 bits per heavy atom. The van der Waals surface area contributed by atoms with Crippen molar-refractivity contribution < 1.29 is 0 Å². The number of benzene rings is 9. The molecule has 10 heteroatoms. The molecule has 0 atom stereocenters. The summed E-state index contributed by atoms with van der Waals surface area (Å²) >= 11 is 29.4. The largest absolute Gasteiger partial charge is 0.268 e. The van der Waals surface area contributed by atoms with Gasteiger partial charge in [0, 0.05) is 84.7 Å². The molecule has 4 heterocycles. The van der Waals surface area contributed by atoms with Gasteiger partial charge in [0.25, 0.3) is 11.1 Å². The molecule has 54 heavy (non-hydrogen) atoms. The number of pyridine rings is 2. The lowest BCUT2D eigenvalue weighted by atomic mass is 9.86. The van der Waals surface area contributed by atoms with Crippen molar-refractivity contribution in [1.82, 2.24) is 18.8 Å². The van der Waals surface area contributed by atoms with Crippen molar-refractivity contribution in [2.75, 3.05) is 0 Å². The van der Waals surface area contributed by atoms with Gasteiger partial charge in [-0.15, -0.1) is 0 Å². The zero-order valence-electron chi connectivity index (χ0n) is 27.4. The van der Waals surface area contributed by atoms with E-state index in [0.29, 0.717) is 107 Å². The highest BCUT2D eigenvalue weighted by molar-refractivity contribution is 6.56. The molecule has 0 aliphatic rings. The van der Waals surface area contributed by atoms with Crippen LogP contribution < -0.4 is 11.1 Å². The molecule has 0 amide bonds. The quantitative estimate of drug-likeness (QED) is 0.114. The standard InChI is InChI=1S/C44H16Cl4N4O2/c45-25-13-21-31-23(43(53)51-29-11-9-17-5-1-3-7-19(17)39(29)49-41(21)51)15-27(47)35-34-26(46)14-22-32-24(16-28(48)36(38(32)34)33(25)37(31)35)44(54)52-30-12-10-18-6-2-4-8-20(18)40(30)50-42(22)52/h1-16H. The lowest BCUT2D eigenvalue weighted by Gasteiger charge is -2.21. The Kier molecular flexibility index (Phi) is 5.31. The van der Waals surface area contributed by atoms with Gasteiger partial charge in [0.2, 0.25) is 0 Å². The van der Waals surface area contributed by atoms with Gasteiger partial charge in [-0.1, -0.05) is 107 Å². The highest BCUT2D eigenvalue weighted by atomic mass is 35.5. The molecule has 0 aliphatic heterocycles. The molecule has 0 N–H and O–H groups in total. The minimum absolute atomic E-state index is 0.248. The fourth-order valence-electron chi connectivity index (χ4n) is 9.44. The van der Waals surface area contributed by atoms with Crippen LogP contribution in [-0.4, -0.2) is 18.8 Å². The maximum atomic E-state index is 14.6. The minimum atomic E-state index is -0.248. The summed E-state index contributed by atoms with van der Waals surface area (Å²) in [7, 11) is 0. The van der Waals surface area contributed by atoms with Crippen molar-refractivity contribution in [3.8, 4) is 0 Å². The van der Waals surface area contributed by atoms with Crippen molar-refractivity contribution >= 4 is 166 Å². The second kappa shape index (κ2) is 9.66. The monoisotopic (exact) mass is 772 g/mol. The van der Waals surface area contributed by atoms with E-state index >= 15 is 0 Å². The summed E-state index contributed by atoms with van der Waals surface area (Å²) in [4.78, 5) is 39.4. The lowest BCUT2D eigenvalue weighted by Crippen LogP contribution is -2.14. The first-order chi connectivity index (χ1) is 26.3. The number of nitrogens with zero attached hydrogens (tertiary/aromatic N) is 4. The van der Waals surface area contributed by atoms with E-state index in [1.807, 2.05) is 84.9 Å². The van der Waals surface area contributed by atoms with Gasteiger partial charge in [-0.3, -0.25) is 18.4 Å². The summed E-state index contributed by atoms with van der Waals surface area (Å²) in [6.45, 7) is 0. The molecule has 13 aromatic rings. The topological polar surface area (TPSA) is 68.7 Å². The van der Waals surface area contributed by atoms with Gasteiger partial charge in [-0.25, -0.2) is 9.97 Å². The summed E-state index contributed by atoms with van der Waals surface area (Å²) < 4.78 is 3.30. The van der Waals surface area contributed by atoms with E-state index in [4.69, 9.17) is 56.4 Å². The van der Waals surface area contributed by atoms with E-state index in [9.17, 15) is 9.59 Å². The predicted octanol–water partition coefficient (Wildman–Crippen LogP) is 12.2. The Labute approximate surface area is 320 Å². The normalized spacial score (nSPS) is 13.0. The van der Waals surface area contributed by atoms with Crippen LogP contribution in [0.1, 0.15) is 0 Å². The average molecular weight is 774 g/mol. The van der Waals surface area contributed by atoms with Crippen LogP contribution in [0.5, 0.6) is 0 Å². The highest BCUT2D eigenvalue weighted by Crippen LogP contribution is 2.53. The number of aromatic nitrogens is 4. The van der Waals surface area contributed by atoms with Gasteiger partial charge >= 0.3 is 0 Å². The first-order valence-electron chi connectivity index (χ1n) is 17.2. The average Bonchev–Trinajstić information content (AvgIpc) is 3.78. The molecule has 252 valence electrons. The maximum Gasteiger partial charge on any atom is 0.264 e. The zero-order chi connectivity index (χ0) is 36.0. The molecule has 9 aromatic carbocycles. The number of imidazole rings is 2. The summed E-state index contributed by atoms with van der Waals surface area (Å²) in [6.07, 6.45) is 0. The zero-order valence-corrected chi connectivity index (χ0v) is 30.4. The number of halogens is 4. The summed E-state index contributed by atoms with van der Waals surface area (Å²) in [5, 5.41) is 12.7. The number of fused-ring (bicyclic) bond motifs is 14. The van der Waals surface area contributed by atoms with E-state index < -0.39 is 0 Å². The Morgan fingerprint density at radius 1 is 0.389 bits per heavy atom. The van der Waals surface area contributed by atoms with Crippen molar-refractivity contribution in [2.45, 2.75) is 0 Å². The molecule has 0 fully saturated rings. The molecule has 0 bridgehead atoms. The Morgan fingerprint density at radius 3 is 1.17 bits per heavy atom. The van der Waals surface area contributed by atoms with Gasteiger partial charge in [0.15, 0.2) is 0 Å². The molecule has 0 unspecified atom stereocenters. The molecule has 0 spiro atoms. The van der Waals surface area contributed by atoms with Crippen molar-refractivity contribution in [3.05, 3.63) is 138 Å². The van der Waals surface area contributed by atoms with E-state index in [0.717, 1.165) is 32.6 Å². The van der Waals surface area contributed by atoms with Crippen LogP contribution in [0.4, 0.5) is 0 Å². The van der Waals surface area contributed by atoms with Gasteiger partial charge in [-0.05, 0) is 47.2 Å². The fourth-order valence-corrected chi connectivity index (χ4v) is 10.6. The van der Waals surface area contributed by atoms with Gasteiger partial charge < -0.3 is 0 Å². The number of hydrogen-bond donors (Lipinski definition) is 0. The van der Waals surface area contributed by atoms with Crippen LogP contribution in [0.25, 0.3) is 120 Å². The van der Waals surface area contributed by atoms with Crippen LogP contribution in [-0.2, 0) is 0 Å². The Bertz CT molecular complexity index is 3780. The van der Waals surface area contributed by atoms with Crippen LogP contribution in [0.15, 0.2) is 107 Å². The first-order valence-corrected chi connectivity index (χ1v) is 18.7. The fraction of sp³-hybridized carbons (Fsp3) is 0. The summed E-state index contributed by atoms with van der Waals surface area (Å²) in [5.74, 6) is 0. The third-order valence-electron chi connectivity index (χ3n) is 11.6. The van der Waals surface area contributed by atoms with Crippen molar-refractivity contribution in [2.24, 2.45) is 0 Å². The Hall–Kier alpha value is -5.76. The second-order valence-corrected chi connectivity index (χ2v) is 15.7. The van der Waals surface area contributed by atoms with E-state index in [1.165, 1.54) is 0 Å². The molecule has 0 saturated carbocycles. The van der Waals surface area contributed by atoms with Crippen LogP contribution in [0, 0.1) is 0 Å². The summed E-state index contributed by atoms with van der Waals surface area (Å²) in [6, 6.07) is 31.0. The highest BCUT2D eigenvalue weighted by Gasteiger charge is 2.29.